The average molecular weight is 460 g/mol. The summed E-state index contributed by atoms with van der Waals surface area (Å²) in [6, 6.07) is 4.91. The van der Waals surface area contributed by atoms with Gasteiger partial charge < -0.3 is 19.7 Å². The lowest BCUT2D eigenvalue weighted by Crippen LogP contribution is -2.31. The minimum absolute atomic E-state index is 0.0402. The number of hydrogen-bond donors (Lipinski definition) is 2. The molecule has 0 unspecified atom stereocenters. The summed E-state index contributed by atoms with van der Waals surface area (Å²) in [4.78, 5) is 15.7. The monoisotopic (exact) mass is 459 g/mol. The fourth-order valence-corrected chi connectivity index (χ4v) is 4.55. The summed E-state index contributed by atoms with van der Waals surface area (Å²) < 4.78 is 13.3. The molecular weight excluding hydrogens is 434 g/mol. The van der Waals surface area contributed by atoms with E-state index in [9.17, 15) is 15.0 Å². The molecule has 1 aliphatic carbocycles. The van der Waals surface area contributed by atoms with Crippen molar-refractivity contribution in [3.63, 3.8) is 0 Å². The van der Waals surface area contributed by atoms with E-state index in [0.717, 1.165) is 31.2 Å². The van der Waals surface area contributed by atoms with Crippen LogP contribution in [0.15, 0.2) is 30.6 Å². The first-order valence-electron chi connectivity index (χ1n) is 10.6. The topological polar surface area (TPSA) is 107 Å². The molecule has 2 N–H and O–H groups in total. The summed E-state index contributed by atoms with van der Waals surface area (Å²) in [6.07, 6.45) is 5.50. The van der Waals surface area contributed by atoms with Crippen molar-refractivity contribution in [1.29, 1.82) is 0 Å². The molecule has 170 valence electrons. The highest BCUT2D eigenvalue weighted by Crippen LogP contribution is 2.35. The second kappa shape index (κ2) is 9.44. The first-order valence-corrected chi connectivity index (χ1v) is 11.0. The Kier molecular flexibility index (Phi) is 6.64. The van der Waals surface area contributed by atoms with Gasteiger partial charge in [-0.2, -0.15) is 5.10 Å². The molecule has 1 aromatic carbocycles. The number of ether oxygens (including phenoxy) is 2. The average Bonchev–Trinajstić information content (AvgIpc) is 3.41. The van der Waals surface area contributed by atoms with Crippen LogP contribution in [0, 0.1) is 6.92 Å². The van der Waals surface area contributed by atoms with E-state index in [4.69, 9.17) is 21.1 Å². The van der Waals surface area contributed by atoms with Gasteiger partial charge in [-0.15, -0.1) is 0 Å². The first-order chi connectivity index (χ1) is 15.4. The third-order valence-electron chi connectivity index (χ3n) is 5.90. The molecule has 0 spiro atoms. The van der Waals surface area contributed by atoms with Crippen LogP contribution in [-0.4, -0.2) is 50.3 Å². The molecular formula is C23H26ClN3O5. The fourth-order valence-electron chi connectivity index (χ4n) is 4.22. The molecule has 0 amide bonds. The van der Waals surface area contributed by atoms with Crippen molar-refractivity contribution in [1.82, 2.24) is 14.8 Å². The Balaban J connectivity index is 1.67. The predicted octanol–water partition coefficient (Wildman–Crippen LogP) is 4.16. The van der Waals surface area contributed by atoms with Crippen molar-refractivity contribution in [2.24, 2.45) is 0 Å². The number of aliphatic hydroxyl groups excluding tert-OH is 1. The molecule has 1 aliphatic rings. The Morgan fingerprint density at radius 2 is 2.09 bits per heavy atom. The van der Waals surface area contributed by atoms with Crippen molar-refractivity contribution < 1.29 is 24.5 Å². The largest absolute Gasteiger partial charge is 0.496 e. The molecule has 8 nitrogen and oxygen atoms in total. The molecule has 3 aromatic rings. The van der Waals surface area contributed by atoms with E-state index in [0.29, 0.717) is 27.4 Å². The fraction of sp³-hybridized carbons (Fsp3) is 0.435. The van der Waals surface area contributed by atoms with E-state index in [1.807, 2.05) is 6.92 Å². The van der Waals surface area contributed by atoms with Gasteiger partial charge in [0.15, 0.2) is 0 Å². The molecule has 0 radical (unpaired) electrons. The maximum Gasteiger partial charge on any atom is 0.338 e. The van der Waals surface area contributed by atoms with Gasteiger partial charge in [0.05, 0.1) is 31.5 Å². The number of halogens is 1. The summed E-state index contributed by atoms with van der Waals surface area (Å²) in [5.41, 5.74) is 2.22. The van der Waals surface area contributed by atoms with Gasteiger partial charge in [0.2, 0.25) is 0 Å². The Morgan fingerprint density at radius 1 is 1.34 bits per heavy atom. The summed E-state index contributed by atoms with van der Waals surface area (Å²) in [6.45, 7) is 2.09. The zero-order chi connectivity index (χ0) is 22.8. The lowest BCUT2D eigenvalue weighted by molar-refractivity contribution is -0.0844. The van der Waals surface area contributed by atoms with Gasteiger partial charge in [-0.3, -0.25) is 9.67 Å². The van der Waals surface area contributed by atoms with E-state index < -0.39 is 18.2 Å². The molecule has 1 saturated carbocycles. The Hall–Kier alpha value is -2.68. The van der Waals surface area contributed by atoms with Crippen LogP contribution in [0.1, 0.15) is 53.3 Å². The van der Waals surface area contributed by atoms with Crippen LogP contribution in [0.5, 0.6) is 5.75 Å². The van der Waals surface area contributed by atoms with Crippen molar-refractivity contribution in [3.8, 4) is 5.75 Å². The lowest BCUT2D eigenvalue weighted by atomic mass is 10.0. The van der Waals surface area contributed by atoms with Crippen LogP contribution in [0.25, 0.3) is 11.0 Å². The number of methoxy groups -OCH3 is 1. The van der Waals surface area contributed by atoms with Gasteiger partial charge in [-0.25, -0.2) is 4.79 Å². The maximum atomic E-state index is 11.5. The Labute approximate surface area is 190 Å². The lowest BCUT2D eigenvalue weighted by Gasteiger charge is -2.28. The maximum absolute atomic E-state index is 11.5. The predicted molar refractivity (Wildman–Crippen MR) is 119 cm³/mol. The molecule has 0 aliphatic heterocycles. The minimum atomic E-state index is -1.07. The van der Waals surface area contributed by atoms with Gasteiger partial charge in [0.25, 0.3) is 0 Å². The molecule has 2 aromatic heterocycles. The number of aromatic nitrogens is 3. The number of carboxylic acid groups (broad SMARTS) is 1. The van der Waals surface area contributed by atoms with Gasteiger partial charge in [0.1, 0.15) is 29.0 Å². The van der Waals surface area contributed by atoms with E-state index in [-0.39, 0.29) is 18.2 Å². The summed E-state index contributed by atoms with van der Waals surface area (Å²) in [7, 11) is 1.57. The molecule has 2 atom stereocenters. The van der Waals surface area contributed by atoms with E-state index in [1.165, 1.54) is 12.3 Å². The molecule has 1 fully saturated rings. The Morgan fingerprint density at radius 3 is 2.78 bits per heavy atom. The summed E-state index contributed by atoms with van der Waals surface area (Å²) in [5.74, 6) is -0.442. The number of rotatable bonds is 8. The number of carboxylic acids is 1. The highest BCUT2D eigenvalue weighted by molar-refractivity contribution is 6.31. The quantitative estimate of drug-likeness (QED) is 0.520. The smallest absolute Gasteiger partial charge is 0.338 e. The second-order valence-corrected chi connectivity index (χ2v) is 8.53. The number of benzene rings is 1. The van der Waals surface area contributed by atoms with E-state index in [2.05, 4.69) is 10.1 Å². The Bertz CT molecular complexity index is 1130. The van der Waals surface area contributed by atoms with Gasteiger partial charge in [-0.05, 0) is 43.5 Å². The second-order valence-electron chi connectivity index (χ2n) is 8.12. The summed E-state index contributed by atoms with van der Waals surface area (Å²) >= 11 is 6.47. The zero-order valence-corrected chi connectivity index (χ0v) is 18.7. The summed E-state index contributed by atoms with van der Waals surface area (Å²) in [5, 5.41) is 25.6. The van der Waals surface area contributed by atoms with Gasteiger partial charge >= 0.3 is 5.97 Å². The van der Waals surface area contributed by atoms with Crippen LogP contribution in [0.3, 0.4) is 0 Å². The molecule has 4 rings (SSSR count). The van der Waals surface area contributed by atoms with Crippen molar-refractivity contribution in [2.45, 2.75) is 57.5 Å². The molecule has 0 saturated heterocycles. The molecule has 32 heavy (non-hydrogen) atoms. The number of carbonyl (C=O) groups is 1. The van der Waals surface area contributed by atoms with Crippen LogP contribution >= 0.6 is 11.6 Å². The molecule has 0 bridgehead atoms. The number of fused-ring (bicyclic) bond motifs is 1. The first kappa shape index (κ1) is 22.5. The van der Waals surface area contributed by atoms with Gasteiger partial charge in [-0.1, -0.05) is 24.4 Å². The van der Waals surface area contributed by atoms with Crippen LogP contribution in [0.2, 0.25) is 5.02 Å². The van der Waals surface area contributed by atoms with E-state index >= 15 is 0 Å². The number of pyridine rings is 1. The SMILES string of the molecule is COc1cc([C@@H](O)[C@H](Cn2cc3nccc(C(=O)O)c3n2)OC2CCCC2)c(Cl)cc1C. The third-order valence-corrected chi connectivity index (χ3v) is 6.23. The number of nitrogens with zero attached hydrogens (tertiary/aromatic N) is 3. The third kappa shape index (κ3) is 4.57. The normalized spacial score (nSPS) is 16.4. The molecule has 2 heterocycles. The minimum Gasteiger partial charge on any atom is -0.496 e. The molecule has 9 heteroatoms. The van der Waals surface area contributed by atoms with Crippen LogP contribution in [-0.2, 0) is 11.3 Å². The van der Waals surface area contributed by atoms with Gasteiger partial charge in [0, 0.05) is 16.8 Å². The van der Waals surface area contributed by atoms with Crippen molar-refractivity contribution in [3.05, 3.63) is 52.3 Å². The number of aliphatic hydroxyl groups is 1. The number of hydrogen-bond acceptors (Lipinski definition) is 6. The highest BCUT2D eigenvalue weighted by atomic mass is 35.5. The number of aromatic carboxylic acids is 1. The van der Waals surface area contributed by atoms with Crippen molar-refractivity contribution >= 4 is 28.6 Å². The zero-order valence-electron chi connectivity index (χ0n) is 18.0. The van der Waals surface area contributed by atoms with Crippen LogP contribution < -0.4 is 4.74 Å². The highest BCUT2D eigenvalue weighted by Gasteiger charge is 2.30. The standard InChI is InChI=1S/C23H26ClN3O5/c1-13-9-17(24)16(10-19(13)31-2)22(28)20(32-14-5-3-4-6-14)12-27-11-18-21(26-27)15(23(29)30)7-8-25-18/h7-11,14,20,22,28H,3-6,12H2,1-2H3,(H,29,30)/t20-,22+/m0/s1. The number of aryl methyl sites for hydroxylation is 1. The van der Waals surface area contributed by atoms with Crippen molar-refractivity contribution in [2.75, 3.05) is 7.11 Å². The van der Waals surface area contributed by atoms with Crippen LogP contribution in [0.4, 0.5) is 0 Å². The van der Waals surface area contributed by atoms with E-state index in [1.54, 1.807) is 30.1 Å².